The molecule has 25 heavy (non-hydrogen) atoms. The lowest BCUT2D eigenvalue weighted by Crippen LogP contribution is -2.24. The summed E-state index contributed by atoms with van der Waals surface area (Å²) in [5.41, 5.74) is 0.298. The summed E-state index contributed by atoms with van der Waals surface area (Å²) in [4.78, 5) is 16.1. The van der Waals surface area contributed by atoms with Crippen molar-refractivity contribution in [3.63, 3.8) is 0 Å². The lowest BCUT2D eigenvalue weighted by atomic mass is 10.1. The number of aromatic nitrogens is 1. The normalized spacial score (nSPS) is 11.3. The Kier molecular flexibility index (Phi) is 5.40. The molecule has 134 valence electrons. The molecule has 0 aliphatic rings. The van der Waals surface area contributed by atoms with Crippen LogP contribution in [-0.4, -0.2) is 16.6 Å². The third-order valence-electron chi connectivity index (χ3n) is 3.32. The number of ether oxygens (including phenoxy) is 2. The molecule has 0 aliphatic carbocycles. The maximum atomic E-state index is 14.2. The third-order valence-corrected chi connectivity index (χ3v) is 3.32. The zero-order chi connectivity index (χ0) is 18.8. The van der Waals surface area contributed by atoms with Gasteiger partial charge in [-0.05, 0) is 52.8 Å². The highest BCUT2D eigenvalue weighted by molar-refractivity contribution is 5.89. The van der Waals surface area contributed by atoms with Crippen LogP contribution in [0.1, 0.15) is 48.0 Å². The van der Waals surface area contributed by atoms with Crippen LogP contribution in [0.15, 0.2) is 24.3 Å². The van der Waals surface area contributed by atoms with Crippen molar-refractivity contribution in [2.45, 2.75) is 46.8 Å². The Bertz CT molecular complexity index is 775. The number of nitrogens with zero attached hydrogens (tertiary/aromatic N) is 1. The van der Waals surface area contributed by atoms with Gasteiger partial charge >= 0.3 is 5.97 Å². The van der Waals surface area contributed by atoms with Crippen molar-refractivity contribution < 1.29 is 23.0 Å². The minimum atomic E-state index is -0.869. The number of hydrogen-bond acceptors (Lipinski definition) is 4. The molecule has 0 bridgehead atoms. The first-order valence-electron chi connectivity index (χ1n) is 7.85. The zero-order valence-corrected chi connectivity index (χ0v) is 14.9. The van der Waals surface area contributed by atoms with E-state index in [1.165, 1.54) is 0 Å². The topological polar surface area (TPSA) is 48.4 Å². The second kappa shape index (κ2) is 7.17. The van der Waals surface area contributed by atoms with Crippen LogP contribution in [0.4, 0.5) is 8.78 Å². The predicted octanol–water partition coefficient (Wildman–Crippen LogP) is 4.51. The molecule has 0 amide bonds. The van der Waals surface area contributed by atoms with E-state index in [4.69, 9.17) is 9.47 Å². The van der Waals surface area contributed by atoms with Gasteiger partial charge in [0.25, 0.3) is 0 Å². The first-order valence-corrected chi connectivity index (χ1v) is 7.85. The first-order chi connectivity index (χ1) is 11.6. The minimum Gasteiger partial charge on any atom is -0.472 e. The second-order valence-corrected chi connectivity index (χ2v) is 6.78. The van der Waals surface area contributed by atoms with Crippen LogP contribution < -0.4 is 4.74 Å². The zero-order valence-electron chi connectivity index (χ0n) is 14.9. The molecule has 0 saturated heterocycles. The lowest BCUT2D eigenvalue weighted by molar-refractivity contribution is 0.00683. The summed E-state index contributed by atoms with van der Waals surface area (Å²) in [5.74, 6) is -2.21. The van der Waals surface area contributed by atoms with Crippen LogP contribution in [-0.2, 0) is 11.3 Å². The summed E-state index contributed by atoms with van der Waals surface area (Å²) in [6.45, 7) is 8.29. The van der Waals surface area contributed by atoms with Gasteiger partial charge in [0.05, 0.1) is 11.1 Å². The van der Waals surface area contributed by atoms with Gasteiger partial charge in [-0.3, -0.25) is 0 Å². The maximum absolute atomic E-state index is 14.2. The number of benzene rings is 1. The van der Waals surface area contributed by atoms with Gasteiger partial charge in [-0.2, -0.15) is 0 Å². The van der Waals surface area contributed by atoms with E-state index >= 15 is 0 Å². The van der Waals surface area contributed by atoms with E-state index in [0.29, 0.717) is 5.88 Å². The molecule has 0 N–H and O–H groups in total. The Morgan fingerprint density at radius 3 is 2.28 bits per heavy atom. The highest BCUT2D eigenvalue weighted by Gasteiger charge is 2.21. The number of halogens is 2. The summed E-state index contributed by atoms with van der Waals surface area (Å²) in [5, 5.41) is 0. The van der Waals surface area contributed by atoms with E-state index in [2.05, 4.69) is 4.98 Å². The standard InChI is InChI=1S/C19H21F2NO3/c1-11-6-7-12(2)22-17(11)24-10-14-15(20)8-13(9-16(14)21)18(23)25-19(3,4)5/h6-9H,10H2,1-5H3. The van der Waals surface area contributed by atoms with Crippen LogP contribution in [0.3, 0.4) is 0 Å². The molecule has 0 radical (unpaired) electrons. The minimum absolute atomic E-state index is 0.182. The van der Waals surface area contributed by atoms with E-state index in [-0.39, 0.29) is 17.7 Å². The number of carbonyl (C=O) groups excluding carboxylic acids is 1. The number of carbonyl (C=O) groups is 1. The maximum Gasteiger partial charge on any atom is 0.338 e. The molecule has 0 aliphatic heterocycles. The Balaban J connectivity index is 2.20. The van der Waals surface area contributed by atoms with E-state index in [0.717, 1.165) is 23.4 Å². The summed E-state index contributed by atoms with van der Waals surface area (Å²) >= 11 is 0. The fourth-order valence-electron chi connectivity index (χ4n) is 2.08. The molecule has 2 rings (SSSR count). The molecule has 0 atom stereocenters. The van der Waals surface area contributed by atoms with Crippen molar-refractivity contribution in [2.75, 3.05) is 0 Å². The van der Waals surface area contributed by atoms with Crippen LogP contribution >= 0.6 is 0 Å². The van der Waals surface area contributed by atoms with Gasteiger partial charge in [0.2, 0.25) is 5.88 Å². The molecule has 1 aromatic carbocycles. The molecule has 6 heteroatoms. The molecule has 0 spiro atoms. The SMILES string of the molecule is Cc1ccc(C)c(OCc2c(F)cc(C(=O)OC(C)(C)C)cc2F)n1. The second-order valence-electron chi connectivity index (χ2n) is 6.78. The molecule has 4 nitrogen and oxygen atoms in total. The number of hydrogen-bond donors (Lipinski definition) is 0. The van der Waals surface area contributed by atoms with Crippen LogP contribution in [0.2, 0.25) is 0 Å². The molecule has 0 fully saturated rings. The summed E-state index contributed by atoms with van der Waals surface area (Å²) in [7, 11) is 0. The van der Waals surface area contributed by atoms with Gasteiger partial charge in [-0.25, -0.2) is 18.6 Å². The van der Waals surface area contributed by atoms with Gasteiger partial charge in [0.1, 0.15) is 23.8 Å². The highest BCUT2D eigenvalue weighted by Crippen LogP contribution is 2.21. The molecule has 1 heterocycles. The van der Waals surface area contributed by atoms with Crippen LogP contribution in [0.5, 0.6) is 5.88 Å². The van der Waals surface area contributed by atoms with E-state index in [1.54, 1.807) is 34.6 Å². The summed E-state index contributed by atoms with van der Waals surface area (Å²) < 4.78 is 39.0. The van der Waals surface area contributed by atoms with Gasteiger partial charge in [0, 0.05) is 11.3 Å². The predicted molar refractivity (Wildman–Crippen MR) is 89.6 cm³/mol. The number of pyridine rings is 1. The van der Waals surface area contributed by atoms with E-state index < -0.39 is 23.2 Å². The Hall–Kier alpha value is -2.50. The third kappa shape index (κ3) is 4.98. The number of esters is 1. The molecule has 1 aromatic heterocycles. The lowest BCUT2D eigenvalue weighted by Gasteiger charge is -2.19. The monoisotopic (exact) mass is 349 g/mol. The average molecular weight is 349 g/mol. The largest absolute Gasteiger partial charge is 0.472 e. The molecular formula is C19H21F2NO3. The van der Waals surface area contributed by atoms with Gasteiger partial charge in [-0.15, -0.1) is 0 Å². The van der Waals surface area contributed by atoms with E-state index in [1.807, 2.05) is 12.1 Å². The Morgan fingerprint density at radius 2 is 1.72 bits per heavy atom. The van der Waals surface area contributed by atoms with Gasteiger partial charge < -0.3 is 9.47 Å². The van der Waals surface area contributed by atoms with Crippen molar-refractivity contribution in [1.82, 2.24) is 4.98 Å². The Labute approximate surface area is 145 Å². The Morgan fingerprint density at radius 1 is 1.12 bits per heavy atom. The van der Waals surface area contributed by atoms with Gasteiger partial charge in [0.15, 0.2) is 0 Å². The highest BCUT2D eigenvalue weighted by atomic mass is 19.1. The summed E-state index contributed by atoms with van der Waals surface area (Å²) in [6.07, 6.45) is 0. The van der Waals surface area contributed by atoms with Crippen molar-refractivity contribution in [2.24, 2.45) is 0 Å². The van der Waals surface area contributed by atoms with Crippen LogP contribution in [0, 0.1) is 25.5 Å². The average Bonchev–Trinajstić information content (AvgIpc) is 2.47. The smallest absolute Gasteiger partial charge is 0.338 e. The van der Waals surface area contributed by atoms with Crippen molar-refractivity contribution in [3.8, 4) is 5.88 Å². The van der Waals surface area contributed by atoms with Crippen molar-refractivity contribution in [3.05, 3.63) is 58.3 Å². The van der Waals surface area contributed by atoms with Crippen LogP contribution in [0.25, 0.3) is 0 Å². The summed E-state index contributed by atoms with van der Waals surface area (Å²) in [6, 6.07) is 5.54. The molecule has 0 unspecified atom stereocenters. The molecule has 0 saturated carbocycles. The molecule has 2 aromatic rings. The number of rotatable bonds is 4. The number of aryl methyl sites for hydroxylation is 2. The fraction of sp³-hybridized carbons (Fsp3) is 0.368. The van der Waals surface area contributed by atoms with E-state index in [9.17, 15) is 13.6 Å². The fourth-order valence-corrected chi connectivity index (χ4v) is 2.08. The van der Waals surface area contributed by atoms with Crippen molar-refractivity contribution >= 4 is 5.97 Å². The van der Waals surface area contributed by atoms with Gasteiger partial charge in [-0.1, -0.05) is 6.07 Å². The first kappa shape index (κ1) is 18.8. The molecular weight excluding hydrogens is 328 g/mol. The quantitative estimate of drug-likeness (QED) is 0.762. The van der Waals surface area contributed by atoms with Crippen molar-refractivity contribution in [1.29, 1.82) is 0 Å².